The van der Waals surface area contributed by atoms with Crippen LogP contribution < -0.4 is 4.90 Å². The molecule has 0 radical (unpaired) electrons. The van der Waals surface area contributed by atoms with Gasteiger partial charge in [-0.05, 0) is 47.9 Å². The van der Waals surface area contributed by atoms with E-state index in [2.05, 4.69) is 11.0 Å². The molecular weight excluding hydrogens is 443 g/mol. The fraction of sp³-hybridized carbons (Fsp3) is 0.269. The number of hydrogen-bond acceptors (Lipinski definition) is 3. The molecule has 3 aromatic rings. The summed E-state index contributed by atoms with van der Waals surface area (Å²) in [6, 6.07) is 23.2. The third-order valence-corrected chi connectivity index (χ3v) is 6.60. The summed E-state index contributed by atoms with van der Waals surface area (Å²) in [5.74, 6) is -0.635. The lowest BCUT2D eigenvalue weighted by Crippen LogP contribution is -2.52. The number of aliphatic hydroxyl groups excluding tert-OH is 1. The van der Waals surface area contributed by atoms with Crippen molar-refractivity contribution in [2.45, 2.75) is 18.9 Å². The van der Waals surface area contributed by atoms with Crippen molar-refractivity contribution < 1.29 is 9.90 Å². The van der Waals surface area contributed by atoms with Crippen molar-refractivity contribution in [3.63, 3.8) is 0 Å². The lowest BCUT2D eigenvalue weighted by molar-refractivity contribution is -0.134. The predicted octanol–water partition coefficient (Wildman–Crippen LogP) is 5.47. The monoisotopic (exact) mass is 468 g/mol. The first-order valence-corrected chi connectivity index (χ1v) is 11.5. The van der Waals surface area contributed by atoms with Gasteiger partial charge in [0.25, 0.3) is 0 Å². The first kappa shape index (κ1) is 22.7. The number of halogens is 2. The van der Waals surface area contributed by atoms with Gasteiger partial charge in [-0.2, -0.15) is 0 Å². The second-order valence-corrected chi connectivity index (χ2v) is 8.99. The van der Waals surface area contributed by atoms with Gasteiger partial charge in [-0.3, -0.25) is 4.79 Å². The van der Waals surface area contributed by atoms with E-state index in [4.69, 9.17) is 23.2 Å². The Morgan fingerprint density at radius 3 is 2.41 bits per heavy atom. The molecule has 1 saturated heterocycles. The number of aryl methyl sites for hydroxylation is 1. The minimum Gasteiger partial charge on any atom is -0.395 e. The molecule has 2 unspecified atom stereocenters. The van der Waals surface area contributed by atoms with Gasteiger partial charge >= 0.3 is 0 Å². The molecule has 4 rings (SSSR count). The summed E-state index contributed by atoms with van der Waals surface area (Å²) in [4.78, 5) is 17.5. The van der Waals surface area contributed by atoms with E-state index in [1.54, 1.807) is 0 Å². The summed E-state index contributed by atoms with van der Waals surface area (Å²) in [5.41, 5.74) is 3.94. The number of carbonyl (C=O) groups excluding carboxylic acids is 1. The number of anilines is 1. The summed E-state index contributed by atoms with van der Waals surface area (Å²) < 4.78 is 0. The number of nitrogens with zero attached hydrogens (tertiary/aromatic N) is 2. The molecule has 1 fully saturated rings. The second kappa shape index (κ2) is 9.95. The quantitative estimate of drug-likeness (QED) is 0.539. The smallest absolute Gasteiger partial charge is 0.232 e. The molecule has 166 valence electrons. The summed E-state index contributed by atoms with van der Waals surface area (Å²) >= 11 is 12.7. The van der Waals surface area contributed by atoms with Crippen molar-refractivity contribution >= 4 is 34.8 Å². The maximum atomic E-state index is 13.4. The topological polar surface area (TPSA) is 43.8 Å². The molecule has 2 atom stereocenters. The van der Waals surface area contributed by atoms with E-state index in [9.17, 15) is 9.90 Å². The van der Waals surface area contributed by atoms with E-state index in [1.807, 2.05) is 78.6 Å². The molecule has 1 N–H and O–H groups in total. The van der Waals surface area contributed by atoms with Crippen LogP contribution >= 0.6 is 23.2 Å². The lowest BCUT2D eigenvalue weighted by atomic mass is 9.96. The molecule has 1 aliphatic heterocycles. The van der Waals surface area contributed by atoms with Crippen molar-refractivity contribution in [2.75, 3.05) is 31.1 Å². The van der Waals surface area contributed by atoms with Gasteiger partial charge < -0.3 is 14.9 Å². The normalized spacial score (nSPS) is 17.3. The Bertz CT molecular complexity index is 1070. The molecule has 3 aromatic carbocycles. The van der Waals surface area contributed by atoms with E-state index in [0.717, 1.165) is 22.4 Å². The Morgan fingerprint density at radius 2 is 1.75 bits per heavy atom. The van der Waals surface area contributed by atoms with Crippen LogP contribution in [-0.4, -0.2) is 42.2 Å². The third kappa shape index (κ3) is 4.78. The van der Waals surface area contributed by atoms with Gasteiger partial charge in [0.15, 0.2) is 0 Å². The standard InChI is InChI=1S/C26H26Cl2N2O2/c1-18-7-12-24(23(28)15-18)30-14-13-29(16-25(30)20-8-10-21(27)11-9-20)26(32)22(17-31)19-5-3-2-4-6-19/h2-12,15,22,25,31H,13-14,16-17H2,1H3. The van der Waals surface area contributed by atoms with E-state index >= 15 is 0 Å². The number of carbonyl (C=O) groups is 1. The Balaban J connectivity index is 1.65. The average molecular weight is 469 g/mol. The predicted molar refractivity (Wildman–Crippen MR) is 131 cm³/mol. The number of rotatable bonds is 5. The molecular formula is C26H26Cl2N2O2. The van der Waals surface area contributed by atoms with Crippen molar-refractivity contribution in [3.05, 3.63) is 99.5 Å². The molecule has 6 heteroatoms. The van der Waals surface area contributed by atoms with E-state index in [0.29, 0.717) is 29.7 Å². The van der Waals surface area contributed by atoms with Crippen LogP contribution in [0.25, 0.3) is 0 Å². The number of piperazine rings is 1. The van der Waals surface area contributed by atoms with Crippen LogP contribution in [-0.2, 0) is 4.79 Å². The van der Waals surface area contributed by atoms with Crippen LogP contribution in [0.1, 0.15) is 28.7 Å². The summed E-state index contributed by atoms with van der Waals surface area (Å²) in [6.45, 7) is 3.47. The van der Waals surface area contributed by atoms with Crippen LogP contribution in [0.15, 0.2) is 72.8 Å². The van der Waals surface area contributed by atoms with E-state index < -0.39 is 5.92 Å². The van der Waals surface area contributed by atoms with E-state index in [-0.39, 0.29) is 18.6 Å². The fourth-order valence-corrected chi connectivity index (χ4v) is 4.79. The lowest BCUT2D eigenvalue weighted by Gasteiger charge is -2.44. The fourth-order valence-electron chi connectivity index (χ4n) is 4.32. The highest BCUT2D eigenvalue weighted by Crippen LogP contribution is 2.36. The zero-order valence-electron chi connectivity index (χ0n) is 17.9. The largest absolute Gasteiger partial charge is 0.395 e. The first-order chi connectivity index (χ1) is 15.5. The minimum absolute atomic E-state index is 0.0627. The highest BCUT2D eigenvalue weighted by Gasteiger charge is 2.34. The average Bonchev–Trinajstić information content (AvgIpc) is 2.80. The molecule has 32 heavy (non-hydrogen) atoms. The first-order valence-electron chi connectivity index (χ1n) is 10.7. The van der Waals surface area contributed by atoms with Crippen LogP contribution in [0.2, 0.25) is 10.0 Å². The second-order valence-electron chi connectivity index (χ2n) is 8.15. The van der Waals surface area contributed by atoms with Crippen molar-refractivity contribution in [3.8, 4) is 0 Å². The molecule has 0 saturated carbocycles. The number of aliphatic hydroxyl groups is 1. The van der Waals surface area contributed by atoms with Crippen LogP contribution in [0.4, 0.5) is 5.69 Å². The zero-order valence-corrected chi connectivity index (χ0v) is 19.4. The van der Waals surface area contributed by atoms with Crippen LogP contribution in [0, 0.1) is 6.92 Å². The van der Waals surface area contributed by atoms with Gasteiger partial charge in [0.2, 0.25) is 5.91 Å². The molecule has 1 amide bonds. The number of amides is 1. The minimum atomic E-state index is -0.573. The van der Waals surface area contributed by atoms with Crippen molar-refractivity contribution in [1.82, 2.24) is 4.90 Å². The van der Waals surface area contributed by atoms with Gasteiger partial charge in [-0.15, -0.1) is 0 Å². The highest BCUT2D eigenvalue weighted by atomic mass is 35.5. The van der Waals surface area contributed by atoms with Gasteiger partial charge in [-0.1, -0.05) is 71.7 Å². The Hall–Kier alpha value is -2.53. The Labute approximate surface area is 199 Å². The van der Waals surface area contributed by atoms with Gasteiger partial charge in [0.1, 0.15) is 0 Å². The number of benzene rings is 3. The van der Waals surface area contributed by atoms with Gasteiger partial charge in [-0.25, -0.2) is 0 Å². The molecule has 1 aliphatic rings. The Kier molecular flexibility index (Phi) is 7.04. The third-order valence-electron chi connectivity index (χ3n) is 6.04. The maximum Gasteiger partial charge on any atom is 0.232 e. The van der Waals surface area contributed by atoms with Crippen molar-refractivity contribution in [2.24, 2.45) is 0 Å². The molecule has 0 aromatic heterocycles. The summed E-state index contributed by atoms with van der Waals surface area (Å²) in [5, 5.41) is 11.4. The van der Waals surface area contributed by atoms with Gasteiger partial charge in [0.05, 0.1) is 29.3 Å². The molecule has 1 heterocycles. The SMILES string of the molecule is Cc1ccc(N2CCN(C(=O)C(CO)c3ccccc3)CC2c2ccc(Cl)cc2)c(Cl)c1. The summed E-state index contributed by atoms with van der Waals surface area (Å²) in [7, 11) is 0. The summed E-state index contributed by atoms with van der Waals surface area (Å²) in [6.07, 6.45) is 0. The molecule has 0 aliphatic carbocycles. The number of hydrogen-bond donors (Lipinski definition) is 1. The van der Waals surface area contributed by atoms with Gasteiger partial charge in [0, 0.05) is 24.7 Å². The van der Waals surface area contributed by atoms with E-state index in [1.165, 1.54) is 0 Å². The maximum absolute atomic E-state index is 13.4. The molecule has 4 nitrogen and oxygen atoms in total. The van der Waals surface area contributed by atoms with Crippen LogP contribution in [0.3, 0.4) is 0 Å². The zero-order chi connectivity index (χ0) is 22.7. The highest BCUT2D eigenvalue weighted by molar-refractivity contribution is 6.33. The van der Waals surface area contributed by atoms with Crippen LogP contribution in [0.5, 0.6) is 0 Å². The van der Waals surface area contributed by atoms with Crippen molar-refractivity contribution in [1.29, 1.82) is 0 Å². The molecule has 0 bridgehead atoms. The molecule has 0 spiro atoms. The Morgan fingerprint density at radius 1 is 1.03 bits per heavy atom.